The Bertz CT molecular complexity index is 541. The zero-order valence-electron chi connectivity index (χ0n) is 11.6. The molecule has 1 aliphatic carbocycles. The summed E-state index contributed by atoms with van der Waals surface area (Å²) in [7, 11) is -3.11. The largest absolute Gasteiger partial charge is 0.380 e. The first kappa shape index (κ1) is 14.5. The number of hydrogen-bond acceptors (Lipinski definition) is 5. The first-order chi connectivity index (χ1) is 9.65. The number of aromatic nitrogens is 1. The summed E-state index contributed by atoms with van der Waals surface area (Å²) in [5.41, 5.74) is 1.11. The maximum absolute atomic E-state index is 12.3. The van der Waals surface area contributed by atoms with Gasteiger partial charge in [-0.2, -0.15) is 0 Å². The molecule has 1 unspecified atom stereocenters. The Morgan fingerprint density at radius 3 is 2.75 bits per heavy atom. The minimum absolute atomic E-state index is 0.0818. The van der Waals surface area contributed by atoms with Crippen molar-refractivity contribution < 1.29 is 13.2 Å². The van der Waals surface area contributed by atoms with Gasteiger partial charge in [0.05, 0.1) is 17.6 Å². The van der Waals surface area contributed by atoms with Crippen molar-refractivity contribution in [3.05, 3.63) is 16.1 Å². The summed E-state index contributed by atoms with van der Waals surface area (Å²) in [6, 6.07) is 0. The molecule has 20 heavy (non-hydrogen) atoms. The summed E-state index contributed by atoms with van der Waals surface area (Å²) < 4.78 is 29.7. The van der Waals surface area contributed by atoms with E-state index in [-0.39, 0.29) is 11.0 Å². The Morgan fingerprint density at radius 2 is 2.05 bits per heavy atom. The fourth-order valence-corrected chi connectivity index (χ4v) is 5.89. The zero-order valence-corrected chi connectivity index (χ0v) is 13.2. The van der Waals surface area contributed by atoms with Crippen LogP contribution < -0.4 is 0 Å². The molecule has 2 heterocycles. The number of hydrogen-bond donors (Lipinski definition) is 0. The number of rotatable bonds is 4. The highest BCUT2D eigenvalue weighted by Gasteiger charge is 2.30. The molecule has 0 radical (unpaired) electrons. The van der Waals surface area contributed by atoms with Gasteiger partial charge in [-0.15, -0.1) is 11.3 Å². The normalized spacial score (nSPS) is 25.1. The van der Waals surface area contributed by atoms with Crippen molar-refractivity contribution in [1.82, 2.24) is 4.98 Å². The van der Waals surface area contributed by atoms with Gasteiger partial charge in [-0.1, -0.05) is 19.3 Å². The molecule has 2 fully saturated rings. The molecule has 3 rings (SSSR count). The lowest BCUT2D eigenvalue weighted by atomic mass is 9.87. The predicted octanol–water partition coefficient (Wildman–Crippen LogP) is 2.89. The van der Waals surface area contributed by atoms with Crippen LogP contribution in [0.3, 0.4) is 0 Å². The van der Waals surface area contributed by atoms with Gasteiger partial charge in [-0.3, -0.25) is 0 Å². The Kier molecular flexibility index (Phi) is 4.43. The van der Waals surface area contributed by atoms with Gasteiger partial charge < -0.3 is 4.74 Å². The maximum Gasteiger partial charge on any atom is 0.162 e. The number of thiazole rings is 1. The van der Waals surface area contributed by atoms with Crippen LogP contribution in [0.5, 0.6) is 0 Å². The molecular weight excluding hydrogens is 294 g/mol. The monoisotopic (exact) mass is 315 g/mol. The van der Waals surface area contributed by atoms with Crippen LogP contribution in [-0.2, 0) is 20.3 Å². The van der Waals surface area contributed by atoms with Crippen LogP contribution in [-0.4, -0.2) is 31.9 Å². The molecular formula is C14H21NO3S2. The van der Waals surface area contributed by atoms with Crippen molar-refractivity contribution in [2.45, 2.75) is 55.4 Å². The van der Waals surface area contributed by atoms with E-state index in [2.05, 4.69) is 10.4 Å². The van der Waals surface area contributed by atoms with Crippen LogP contribution in [0.25, 0.3) is 0 Å². The summed E-state index contributed by atoms with van der Waals surface area (Å²) in [5, 5.41) is 2.48. The van der Waals surface area contributed by atoms with Gasteiger partial charge in [-0.25, -0.2) is 13.4 Å². The number of sulfone groups is 1. The summed E-state index contributed by atoms with van der Waals surface area (Å²) in [4.78, 5) is 4.59. The Morgan fingerprint density at radius 1 is 1.25 bits per heavy atom. The second-order valence-electron chi connectivity index (χ2n) is 5.79. The molecule has 0 bridgehead atoms. The van der Waals surface area contributed by atoms with Gasteiger partial charge in [0.15, 0.2) is 9.84 Å². The van der Waals surface area contributed by atoms with Crippen LogP contribution in [0, 0.1) is 0 Å². The van der Waals surface area contributed by atoms with Crippen molar-refractivity contribution in [2.24, 2.45) is 0 Å². The fourth-order valence-electron chi connectivity index (χ4n) is 3.06. The van der Waals surface area contributed by atoms with Gasteiger partial charge in [-0.05, 0) is 19.3 Å². The molecule has 1 atom stereocenters. The molecule has 0 amide bonds. The molecule has 0 spiro atoms. The third-order valence-corrected chi connectivity index (χ3v) is 7.43. The number of ether oxygens (including phenoxy) is 1. The quantitative estimate of drug-likeness (QED) is 0.857. The smallest absolute Gasteiger partial charge is 0.162 e. The van der Waals surface area contributed by atoms with E-state index in [0.29, 0.717) is 25.6 Å². The van der Waals surface area contributed by atoms with E-state index < -0.39 is 9.84 Å². The van der Waals surface area contributed by atoms with Crippen molar-refractivity contribution in [3.63, 3.8) is 0 Å². The van der Waals surface area contributed by atoms with E-state index in [1.807, 2.05) is 0 Å². The third-order valence-electron chi connectivity index (χ3n) is 4.31. The van der Waals surface area contributed by atoms with Gasteiger partial charge in [0.1, 0.15) is 10.8 Å². The third kappa shape index (κ3) is 3.23. The average Bonchev–Trinajstić information content (AvgIpc) is 3.10. The Labute approximate surface area is 124 Å². The minimum Gasteiger partial charge on any atom is -0.380 e. The minimum atomic E-state index is -3.11. The van der Waals surface area contributed by atoms with Crippen molar-refractivity contribution in [1.29, 1.82) is 0 Å². The molecule has 1 aromatic heterocycles. The first-order valence-corrected chi connectivity index (χ1v) is 9.98. The second kappa shape index (κ2) is 6.12. The lowest BCUT2D eigenvalue weighted by Gasteiger charge is -2.19. The molecule has 0 N–H and O–H groups in total. The van der Waals surface area contributed by atoms with Crippen LogP contribution in [0.4, 0.5) is 0 Å². The topological polar surface area (TPSA) is 56.3 Å². The summed E-state index contributed by atoms with van der Waals surface area (Å²) in [6.45, 7) is 0.915. The molecule has 112 valence electrons. The van der Waals surface area contributed by atoms with Crippen LogP contribution in [0.1, 0.15) is 55.1 Å². The van der Waals surface area contributed by atoms with E-state index in [0.717, 1.165) is 10.7 Å². The Balaban J connectivity index is 1.67. The molecule has 1 saturated carbocycles. The molecule has 6 heteroatoms. The maximum atomic E-state index is 12.3. The van der Waals surface area contributed by atoms with Crippen molar-refractivity contribution in [2.75, 3.05) is 13.2 Å². The first-order valence-electron chi connectivity index (χ1n) is 7.39. The van der Waals surface area contributed by atoms with Crippen LogP contribution in [0.2, 0.25) is 0 Å². The second-order valence-corrected chi connectivity index (χ2v) is 9.02. The molecule has 0 aromatic carbocycles. The van der Waals surface area contributed by atoms with E-state index in [1.165, 1.54) is 43.4 Å². The zero-order chi connectivity index (χ0) is 14.0. The van der Waals surface area contributed by atoms with E-state index in [1.54, 1.807) is 0 Å². The lowest BCUT2D eigenvalue weighted by molar-refractivity contribution is 0.198. The summed E-state index contributed by atoms with van der Waals surface area (Å²) in [6.07, 6.45) is 6.90. The highest BCUT2D eigenvalue weighted by Crippen LogP contribution is 2.33. The summed E-state index contributed by atoms with van der Waals surface area (Å²) >= 11 is 1.50. The lowest BCUT2D eigenvalue weighted by Crippen LogP contribution is -2.22. The highest BCUT2D eigenvalue weighted by atomic mass is 32.2. The fraction of sp³-hybridized carbons (Fsp3) is 0.786. The van der Waals surface area contributed by atoms with Gasteiger partial charge >= 0.3 is 0 Å². The van der Waals surface area contributed by atoms with Gasteiger partial charge in [0.25, 0.3) is 0 Å². The highest BCUT2D eigenvalue weighted by molar-refractivity contribution is 7.91. The van der Waals surface area contributed by atoms with Crippen LogP contribution in [0.15, 0.2) is 5.38 Å². The molecule has 1 aliphatic heterocycles. The molecule has 4 nitrogen and oxygen atoms in total. The van der Waals surface area contributed by atoms with Crippen molar-refractivity contribution in [3.8, 4) is 0 Å². The van der Waals surface area contributed by atoms with E-state index >= 15 is 0 Å². The van der Waals surface area contributed by atoms with E-state index in [4.69, 9.17) is 4.74 Å². The molecule has 1 aromatic rings. The summed E-state index contributed by atoms with van der Waals surface area (Å²) in [5.74, 6) is 0.629. The predicted molar refractivity (Wildman–Crippen MR) is 79.8 cm³/mol. The van der Waals surface area contributed by atoms with E-state index in [9.17, 15) is 8.42 Å². The van der Waals surface area contributed by atoms with Crippen molar-refractivity contribution >= 4 is 21.2 Å². The SMILES string of the molecule is O=S(=O)(Cc1nc(C2CCCCC2)cs1)C1CCOC1. The van der Waals surface area contributed by atoms with Gasteiger partial charge in [0.2, 0.25) is 0 Å². The number of nitrogens with zero attached hydrogens (tertiary/aromatic N) is 1. The average molecular weight is 315 g/mol. The van der Waals surface area contributed by atoms with Crippen LogP contribution >= 0.6 is 11.3 Å². The Hall–Kier alpha value is -0.460. The van der Waals surface area contributed by atoms with Gasteiger partial charge in [0, 0.05) is 17.9 Å². The standard InChI is InChI=1S/C14H21NO3S2/c16-20(17,12-6-7-18-8-12)10-14-15-13(9-19-14)11-4-2-1-3-5-11/h9,11-12H,1-8,10H2. The molecule has 1 saturated heterocycles. The molecule has 2 aliphatic rings.